The Balaban J connectivity index is 2.38. The van der Waals surface area contributed by atoms with E-state index in [2.05, 4.69) is 5.32 Å². The number of ether oxygens (including phenoxy) is 1. The van der Waals surface area contributed by atoms with Gasteiger partial charge in [-0.2, -0.15) is 0 Å². The van der Waals surface area contributed by atoms with Crippen LogP contribution in [0.1, 0.15) is 49.9 Å². The Morgan fingerprint density at radius 2 is 1.69 bits per heavy atom. The summed E-state index contributed by atoms with van der Waals surface area (Å²) in [5.41, 5.74) is 2.71. The van der Waals surface area contributed by atoms with Gasteiger partial charge < -0.3 is 15.2 Å². The third kappa shape index (κ3) is 4.27. The van der Waals surface area contributed by atoms with E-state index < -0.39 is 23.9 Å². The fraction of sp³-hybridized carbons (Fsp3) is 0.250. The minimum atomic E-state index is -1.19. The third-order valence-corrected chi connectivity index (χ3v) is 4.33. The summed E-state index contributed by atoms with van der Waals surface area (Å²) in [6.45, 7) is 3.85. The van der Waals surface area contributed by atoms with Crippen molar-refractivity contribution in [1.82, 2.24) is 5.32 Å². The van der Waals surface area contributed by atoms with Gasteiger partial charge in [-0.15, -0.1) is 0 Å². The van der Waals surface area contributed by atoms with E-state index in [1.54, 1.807) is 12.1 Å². The molecule has 0 radical (unpaired) electrons. The predicted octanol–water partition coefficient (Wildman–Crippen LogP) is 3.04. The number of aromatic carboxylic acids is 1. The first-order valence-corrected chi connectivity index (χ1v) is 8.11. The highest BCUT2D eigenvalue weighted by molar-refractivity contribution is 6.05. The highest BCUT2D eigenvalue weighted by Gasteiger charge is 2.23. The van der Waals surface area contributed by atoms with Gasteiger partial charge in [-0.1, -0.05) is 30.3 Å². The number of methoxy groups -OCH3 is 1. The van der Waals surface area contributed by atoms with Crippen molar-refractivity contribution in [3.8, 4) is 0 Å². The van der Waals surface area contributed by atoms with Crippen LogP contribution in [0.2, 0.25) is 0 Å². The zero-order valence-electron chi connectivity index (χ0n) is 14.9. The summed E-state index contributed by atoms with van der Waals surface area (Å²) in [4.78, 5) is 35.9. The Bertz CT molecular complexity index is 844. The molecule has 26 heavy (non-hydrogen) atoms. The second-order valence-electron chi connectivity index (χ2n) is 5.95. The van der Waals surface area contributed by atoms with Crippen LogP contribution in [0.5, 0.6) is 0 Å². The number of rotatable bonds is 6. The number of hydrogen-bond donors (Lipinski definition) is 2. The first kappa shape index (κ1) is 19.2. The van der Waals surface area contributed by atoms with Crippen LogP contribution in [0.15, 0.2) is 42.5 Å². The van der Waals surface area contributed by atoms with E-state index in [1.807, 2.05) is 32.0 Å². The molecule has 0 saturated heterocycles. The quantitative estimate of drug-likeness (QED) is 0.777. The molecule has 0 aliphatic carbocycles. The average Bonchev–Trinajstić information content (AvgIpc) is 2.63. The van der Waals surface area contributed by atoms with Gasteiger partial charge in [0.05, 0.1) is 30.7 Å². The van der Waals surface area contributed by atoms with Crippen molar-refractivity contribution in [2.45, 2.75) is 26.3 Å². The van der Waals surface area contributed by atoms with E-state index in [0.29, 0.717) is 0 Å². The van der Waals surface area contributed by atoms with Gasteiger partial charge in [0.15, 0.2) is 0 Å². The summed E-state index contributed by atoms with van der Waals surface area (Å²) >= 11 is 0. The molecule has 0 aliphatic heterocycles. The van der Waals surface area contributed by atoms with Crippen LogP contribution in [-0.4, -0.2) is 30.1 Å². The van der Waals surface area contributed by atoms with Crippen LogP contribution in [-0.2, 0) is 9.53 Å². The lowest BCUT2D eigenvalue weighted by Crippen LogP contribution is -2.32. The molecule has 0 bridgehead atoms. The standard InChI is InChI=1S/C20H21NO5/c1-12-7-6-10-14(13(12)2)17(11-18(22)26-3)21-19(23)15-8-4-5-9-16(15)20(24)25/h4-10,17H,11H2,1-3H3,(H,21,23)(H,24,25)/t17-/m1/s1. The van der Waals surface area contributed by atoms with Crippen molar-refractivity contribution in [3.05, 3.63) is 70.3 Å². The number of aryl methyl sites for hydroxylation is 1. The van der Waals surface area contributed by atoms with Gasteiger partial charge in [-0.3, -0.25) is 9.59 Å². The van der Waals surface area contributed by atoms with Crippen LogP contribution < -0.4 is 5.32 Å². The molecule has 6 heteroatoms. The van der Waals surface area contributed by atoms with Gasteiger partial charge in [0.25, 0.3) is 5.91 Å². The summed E-state index contributed by atoms with van der Waals surface area (Å²) in [5.74, 6) is -2.22. The first-order chi connectivity index (χ1) is 12.3. The third-order valence-electron chi connectivity index (χ3n) is 4.33. The van der Waals surface area contributed by atoms with Gasteiger partial charge in [0, 0.05) is 0 Å². The van der Waals surface area contributed by atoms with Gasteiger partial charge in [0.2, 0.25) is 0 Å². The maximum Gasteiger partial charge on any atom is 0.336 e. The predicted molar refractivity (Wildman–Crippen MR) is 96.2 cm³/mol. The van der Waals surface area contributed by atoms with Crippen molar-refractivity contribution in [1.29, 1.82) is 0 Å². The number of carbonyl (C=O) groups excluding carboxylic acids is 2. The van der Waals surface area contributed by atoms with Gasteiger partial charge in [0.1, 0.15) is 0 Å². The maximum absolute atomic E-state index is 12.7. The molecule has 0 unspecified atom stereocenters. The molecule has 136 valence electrons. The zero-order valence-corrected chi connectivity index (χ0v) is 14.9. The smallest absolute Gasteiger partial charge is 0.336 e. The van der Waals surface area contributed by atoms with Crippen molar-refractivity contribution >= 4 is 17.8 Å². The van der Waals surface area contributed by atoms with E-state index in [9.17, 15) is 19.5 Å². The normalized spacial score (nSPS) is 11.5. The summed E-state index contributed by atoms with van der Waals surface area (Å²) in [6, 6.07) is 10.9. The van der Waals surface area contributed by atoms with E-state index in [0.717, 1.165) is 16.7 Å². The van der Waals surface area contributed by atoms with E-state index >= 15 is 0 Å². The molecule has 1 atom stereocenters. The van der Waals surface area contributed by atoms with Gasteiger partial charge in [-0.05, 0) is 42.7 Å². The number of benzene rings is 2. The largest absolute Gasteiger partial charge is 0.478 e. The number of carboxylic acids is 1. The van der Waals surface area contributed by atoms with Gasteiger partial charge >= 0.3 is 11.9 Å². The highest BCUT2D eigenvalue weighted by atomic mass is 16.5. The number of carbonyl (C=O) groups is 3. The molecular formula is C20H21NO5. The first-order valence-electron chi connectivity index (χ1n) is 8.11. The molecule has 2 aromatic carbocycles. The second-order valence-corrected chi connectivity index (χ2v) is 5.95. The van der Waals surface area contributed by atoms with Crippen molar-refractivity contribution in [2.24, 2.45) is 0 Å². The monoisotopic (exact) mass is 355 g/mol. The topological polar surface area (TPSA) is 92.7 Å². The Morgan fingerprint density at radius 3 is 2.31 bits per heavy atom. The molecule has 0 aromatic heterocycles. The Kier molecular flexibility index (Phi) is 6.11. The van der Waals surface area contributed by atoms with Crippen molar-refractivity contribution in [3.63, 3.8) is 0 Å². The van der Waals surface area contributed by atoms with E-state index in [1.165, 1.54) is 19.2 Å². The number of amides is 1. The molecule has 1 amide bonds. The molecule has 2 aromatic rings. The number of hydrogen-bond acceptors (Lipinski definition) is 4. The number of esters is 1. The Hall–Kier alpha value is -3.15. The van der Waals surface area contributed by atoms with E-state index in [-0.39, 0.29) is 17.5 Å². The fourth-order valence-electron chi connectivity index (χ4n) is 2.74. The minimum Gasteiger partial charge on any atom is -0.478 e. The highest BCUT2D eigenvalue weighted by Crippen LogP contribution is 2.24. The summed E-state index contributed by atoms with van der Waals surface area (Å²) < 4.78 is 4.74. The molecule has 0 spiro atoms. The lowest BCUT2D eigenvalue weighted by Gasteiger charge is -2.21. The summed E-state index contributed by atoms with van der Waals surface area (Å²) in [6.07, 6.45) is -0.0538. The Labute approximate surface area is 151 Å². The number of carboxylic acid groups (broad SMARTS) is 1. The Morgan fingerprint density at radius 1 is 1.04 bits per heavy atom. The van der Waals surface area contributed by atoms with Gasteiger partial charge in [-0.25, -0.2) is 4.79 Å². The van der Waals surface area contributed by atoms with Crippen LogP contribution in [0, 0.1) is 13.8 Å². The lowest BCUT2D eigenvalue weighted by atomic mass is 9.95. The summed E-state index contributed by atoms with van der Waals surface area (Å²) in [5, 5.41) is 12.1. The molecular weight excluding hydrogens is 334 g/mol. The SMILES string of the molecule is COC(=O)C[C@@H](NC(=O)c1ccccc1C(=O)O)c1cccc(C)c1C. The zero-order chi connectivity index (χ0) is 19.3. The number of nitrogens with one attached hydrogen (secondary N) is 1. The second kappa shape index (κ2) is 8.29. The molecule has 2 N–H and O–H groups in total. The maximum atomic E-state index is 12.7. The van der Waals surface area contributed by atoms with Crippen molar-refractivity contribution < 1.29 is 24.2 Å². The van der Waals surface area contributed by atoms with Crippen LogP contribution in [0.3, 0.4) is 0 Å². The lowest BCUT2D eigenvalue weighted by molar-refractivity contribution is -0.141. The van der Waals surface area contributed by atoms with Crippen LogP contribution in [0.25, 0.3) is 0 Å². The van der Waals surface area contributed by atoms with Crippen LogP contribution >= 0.6 is 0 Å². The average molecular weight is 355 g/mol. The molecule has 0 fully saturated rings. The minimum absolute atomic E-state index is 0.0418. The van der Waals surface area contributed by atoms with E-state index in [4.69, 9.17) is 4.74 Å². The molecule has 2 rings (SSSR count). The summed E-state index contributed by atoms with van der Waals surface area (Å²) in [7, 11) is 1.28. The molecule has 6 nitrogen and oxygen atoms in total. The molecule has 0 heterocycles. The molecule has 0 saturated carbocycles. The van der Waals surface area contributed by atoms with Crippen LogP contribution in [0.4, 0.5) is 0 Å². The van der Waals surface area contributed by atoms with Crippen molar-refractivity contribution in [2.75, 3.05) is 7.11 Å². The fourth-order valence-corrected chi connectivity index (χ4v) is 2.74. The molecule has 0 aliphatic rings.